The Morgan fingerprint density at radius 2 is 2.20 bits per heavy atom. The van der Waals surface area contributed by atoms with Gasteiger partial charge in [0.1, 0.15) is 0 Å². The Morgan fingerprint density at radius 1 is 1.60 bits per heavy atom. The second kappa shape index (κ2) is 7.19. The molecule has 0 radical (unpaired) electrons. The summed E-state index contributed by atoms with van der Waals surface area (Å²) in [4.78, 5) is 8.35. The Hall–Kier alpha value is 0.0800. The normalized spacial score (nSPS) is 23.9. The molecule has 10 heavy (non-hydrogen) atoms. The fourth-order valence-electron chi connectivity index (χ4n) is 0.606. The molecule has 0 aliphatic carbocycles. The van der Waals surface area contributed by atoms with Gasteiger partial charge in [0.25, 0.3) is 0 Å². The third kappa shape index (κ3) is 6.20. The monoisotopic (exact) mass is 177 g/mol. The van der Waals surface area contributed by atoms with Gasteiger partial charge < -0.3 is 0 Å². The molecule has 0 saturated carbocycles. The number of nitrogens with one attached hydrogen (secondary N) is 1. The minimum atomic E-state index is 0.750. The average molecular weight is 177 g/mol. The molecule has 0 aromatic rings. The van der Waals surface area contributed by atoms with E-state index in [0.717, 1.165) is 11.3 Å². The van der Waals surface area contributed by atoms with Crippen LogP contribution in [-0.2, 0) is 4.79 Å². The summed E-state index contributed by atoms with van der Waals surface area (Å²) >= 11 is 4.18. The van der Waals surface area contributed by atoms with E-state index in [0.29, 0.717) is 0 Å². The fraction of sp³-hybridized carbons (Fsp3) is 0.833. The zero-order valence-electron chi connectivity index (χ0n) is 5.92. The van der Waals surface area contributed by atoms with E-state index in [2.05, 4.69) is 30.4 Å². The Kier molecular flexibility index (Phi) is 7.25. The third-order valence-electron chi connectivity index (χ3n) is 0.983. The standard InChI is InChI=1S/C5H10S2.CHNO/c1-5-4-6-2-3-7-5;2-1-3/h5H,2-4H2,1H3;2H. The maximum atomic E-state index is 8.35. The molecule has 0 aromatic heterocycles. The minimum absolute atomic E-state index is 0.750. The van der Waals surface area contributed by atoms with Crippen LogP contribution in [0.25, 0.3) is 0 Å². The molecule has 1 rings (SSSR count). The van der Waals surface area contributed by atoms with Crippen molar-refractivity contribution in [3.8, 4) is 0 Å². The fourth-order valence-corrected chi connectivity index (χ4v) is 3.04. The average Bonchev–Trinajstić information content (AvgIpc) is 1.91. The van der Waals surface area contributed by atoms with Crippen molar-refractivity contribution in [2.24, 2.45) is 0 Å². The lowest BCUT2D eigenvalue weighted by molar-refractivity contribution is 0.563. The summed E-state index contributed by atoms with van der Waals surface area (Å²) in [5, 5.41) is 6.32. The minimum Gasteiger partial charge on any atom is -0.222 e. The van der Waals surface area contributed by atoms with Crippen LogP contribution in [0, 0.1) is 5.41 Å². The SMILES string of the molecule is CC1CSCCS1.N=C=O. The molecule has 2 nitrogen and oxygen atoms in total. The van der Waals surface area contributed by atoms with Crippen molar-refractivity contribution < 1.29 is 4.79 Å². The molecule has 1 aliphatic heterocycles. The summed E-state index contributed by atoms with van der Waals surface area (Å²) in [7, 11) is 0. The van der Waals surface area contributed by atoms with E-state index in [9.17, 15) is 0 Å². The maximum Gasteiger partial charge on any atom is 0.231 e. The van der Waals surface area contributed by atoms with Gasteiger partial charge in [0.15, 0.2) is 0 Å². The molecule has 1 aliphatic rings. The second-order valence-corrected chi connectivity index (χ2v) is 4.55. The Bertz CT molecular complexity index is 106. The first-order chi connectivity index (χ1) is 4.81. The lowest BCUT2D eigenvalue weighted by atomic mass is 10.6. The van der Waals surface area contributed by atoms with E-state index in [1.54, 1.807) is 0 Å². The number of rotatable bonds is 0. The van der Waals surface area contributed by atoms with Gasteiger partial charge in [0, 0.05) is 22.5 Å². The van der Waals surface area contributed by atoms with Crippen LogP contribution in [0.1, 0.15) is 6.92 Å². The van der Waals surface area contributed by atoms with Crippen molar-refractivity contribution >= 4 is 29.6 Å². The van der Waals surface area contributed by atoms with Crippen LogP contribution in [0.5, 0.6) is 0 Å². The van der Waals surface area contributed by atoms with E-state index < -0.39 is 0 Å². The molecule has 0 spiro atoms. The van der Waals surface area contributed by atoms with Crippen LogP contribution in [0.4, 0.5) is 0 Å². The predicted molar refractivity (Wildman–Crippen MR) is 47.7 cm³/mol. The molecule has 1 N–H and O–H groups in total. The number of carbonyl (C=O) groups excluding carboxylic acids is 1. The van der Waals surface area contributed by atoms with Gasteiger partial charge in [0.2, 0.25) is 6.08 Å². The zero-order chi connectivity index (χ0) is 7.82. The molecule has 0 amide bonds. The first kappa shape index (κ1) is 10.1. The number of hydrogen-bond acceptors (Lipinski definition) is 4. The van der Waals surface area contributed by atoms with Crippen molar-refractivity contribution in [3.63, 3.8) is 0 Å². The smallest absolute Gasteiger partial charge is 0.222 e. The first-order valence-electron chi connectivity index (χ1n) is 3.04. The van der Waals surface area contributed by atoms with Crippen LogP contribution in [0.15, 0.2) is 0 Å². The highest BCUT2D eigenvalue weighted by molar-refractivity contribution is 8.06. The van der Waals surface area contributed by atoms with Crippen molar-refractivity contribution in [2.45, 2.75) is 12.2 Å². The van der Waals surface area contributed by atoms with Gasteiger partial charge in [-0.3, -0.25) is 0 Å². The van der Waals surface area contributed by atoms with Crippen LogP contribution >= 0.6 is 23.5 Å². The summed E-state index contributed by atoms with van der Waals surface area (Å²) in [6, 6.07) is 0. The third-order valence-corrected chi connectivity index (χ3v) is 3.86. The molecular weight excluding hydrogens is 166 g/mol. The number of thioether (sulfide) groups is 2. The summed E-state index contributed by atoms with van der Waals surface area (Å²) in [6.45, 7) is 2.30. The van der Waals surface area contributed by atoms with Gasteiger partial charge in [-0.05, 0) is 0 Å². The van der Waals surface area contributed by atoms with Crippen molar-refractivity contribution in [3.05, 3.63) is 0 Å². The van der Waals surface area contributed by atoms with E-state index in [1.807, 2.05) is 0 Å². The topological polar surface area (TPSA) is 40.9 Å². The highest BCUT2D eigenvalue weighted by atomic mass is 32.2. The van der Waals surface area contributed by atoms with Crippen molar-refractivity contribution in [2.75, 3.05) is 17.3 Å². The highest BCUT2D eigenvalue weighted by Gasteiger charge is 2.06. The van der Waals surface area contributed by atoms with E-state index >= 15 is 0 Å². The van der Waals surface area contributed by atoms with E-state index in [-0.39, 0.29) is 0 Å². The lowest BCUT2D eigenvalue weighted by Gasteiger charge is -2.15. The van der Waals surface area contributed by atoms with Crippen molar-refractivity contribution in [1.82, 2.24) is 0 Å². The summed E-state index contributed by atoms with van der Waals surface area (Å²) in [6.07, 6.45) is 0.750. The van der Waals surface area contributed by atoms with Crippen LogP contribution in [0.3, 0.4) is 0 Å². The van der Waals surface area contributed by atoms with Crippen molar-refractivity contribution in [1.29, 1.82) is 5.41 Å². The number of isocyanates is 1. The van der Waals surface area contributed by atoms with E-state index in [1.165, 1.54) is 17.3 Å². The predicted octanol–water partition coefficient (Wildman–Crippen LogP) is 1.76. The van der Waals surface area contributed by atoms with E-state index in [4.69, 9.17) is 10.2 Å². The van der Waals surface area contributed by atoms with Gasteiger partial charge in [-0.15, -0.1) is 0 Å². The highest BCUT2D eigenvalue weighted by Crippen LogP contribution is 2.22. The summed E-state index contributed by atoms with van der Waals surface area (Å²) in [5.41, 5.74) is 0. The second-order valence-electron chi connectivity index (χ2n) is 1.86. The van der Waals surface area contributed by atoms with Gasteiger partial charge in [0.05, 0.1) is 0 Å². The Labute approximate surface area is 69.7 Å². The molecule has 1 heterocycles. The molecule has 1 saturated heterocycles. The molecule has 1 fully saturated rings. The quantitative estimate of drug-likeness (QED) is 0.453. The Morgan fingerprint density at radius 3 is 2.40 bits per heavy atom. The van der Waals surface area contributed by atoms with Crippen LogP contribution in [-0.4, -0.2) is 28.6 Å². The largest absolute Gasteiger partial charge is 0.231 e. The van der Waals surface area contributed by atoms with Crippen LogP contribution < -0.4 is 0 Å². The summed E-state index contributed by atoms with van der Waals surface area (Å²) in [5.74, 6) is 4.10. The Balaban J connectivity index is 0.000000236. The van der Waals surface area contributed by atoms with Gasteiger partial charge in [-0.25, -0.2) is 10.2 Å². The number of hydrogen-bond donors (Lipinski definition) is 1. The van der Waals surface area contributed by atoms with Gasteiger partial charge in [-0.1, -0.05) is 6.92 Å². The van der Waals surface area contributed by atoms with Gasteiger partial charge in [-0.2, -0.15) is 23.5 Å². The molecule has 58 valence electrons. The molecule has 0 bridgehead atoms. The lowest BCUT2D eigenvalue weighted by Crippen LogP contribution is -2.08. The van der Waals surface area contributed by atoms with Gasteiger partial charge >= 0.3 is 0 Å². The molecule has 1 atom stereocenters. The summed E-state index contributed by atoms with van der Waals surface area (Å²) < 4.78 is 0. The molecule has 0 aromatic carbocycles. The maximum absolute atomic E-state index is 8.35. The zero-order valence-corrected chi connectivity index (χ0v) is 7.56. The molecular formula is C6H11NOS2. The van der Waals surface area contributed by atoms with Crippen LogP contribution in [0.2, 0.25) is 0 Å². The molecule has 4 heteroatoms. The first-order valence-corrected chi connectivity index (χ1v) is 5.24. The molecule has 1 unspecified atom stereocenters.